The number of aromatic nitrogens is 2. The van der Waals surface area contributed by atoms with Crippen molar-refractivity contribution >= 4 is 11.8 Å². The van der Waals surface area contributed by atoms with Gasteiger partial charge in [0.05, 0.1) is 0 Å². The van der Waals surface area contributed by atoms with Gasteiger partial charge in [0, 0.05) is 44.0 Å². The minimum absolute atomic E-state index is 0.457. The van der Waals surface area contributed by atoms with Gasteiger partial charge in [-0.05, 0) is 57.2 Å². The minimum atomic E-state index is 0.457. The summed E-state index contributed by atoms with van der Waals surface area (Å²) in [5.74, 6) is 4.33. The van der Waals surface area contributed by atoms with Crippen molar-refractivity contribution in [3.63, 3.8) is 0 Å². The summed E-state index contributed by atoms with van der Waals surface area (Å²) in [5, 5.41) is 7.17. The molecule has 6 nitrogen and oxygen atoms in total. The molecular formula is C25H33N5O. The Morgan fingerprint density at radius 3 is 2.58 bits per heavy atom. The number of rotatable bonds is 8. The topological polar surface area (TPSA) is 66.2 Å². The van der Waals surface area contributed by atoms with Crippen LogP contribution >= 0.6 is 0 Å². The lowest BCUT2D eigenvalue weighted by atomic mass is 9.86. The van der Waals surface area contributed by atoms with Crippen molar-refractivity contribution in [2.75, 3.05) is 30.9 Å². The largest absolute Gasteiger partial charge is 0.461 e. The maximum absolute atomic E-state index is 5.97. The molecule has 2 heterocycles. The first-order chi connectivity index (χ1) is 15.1. The molecule has 0 atom stereocenters. The first-order valence-corrected chi connectivity index (χ1v) is 11.2. The highest BCUT2D eigenvalue weighted by Crippen LogP contribution is 2.27. The van der Waals surface area contributed by atoms with Crippen molar-refractivity contribution < 1.29 is 4.42 Å². The molecule has 0 bridgehead atoms. The van der Waals surface area contributed by atoms with Gasteiger partial charge in [-0.1, -0.05) is 30.3 Å². The molecule has 0 amide bonds. The van der Waals surface area contributed by atoms with Crippen LogP contribution in [0.15, 0.2) is 53.1 Å². The second kappa shape index (κ2) is 9.96. The zero-order valence-corrected chi connectivity index (χ0v) is 18.8. The molecule has 1 fully saturated rings. The molecule has 1 saturated carbocycles. The van der Waals surface area contributed by atoms with Crippen LogP contribution < -0.4 is 15.5 Å². The Morgan fingerprint density at radius 1 is 1.06 bits per heavy atom. The molecule has 2 aromatic heterocycles. The molecule has 1 aliphatic rings. The van der Waals surface area contributed by atoms with E-state index in [4.69, 9.17) is 4.42 Å². The third kappa shape index (κ3) is 5.64. The summed E-state index contributed by atoms with van der Waals surface area (Å²) in [6.07, 6.45) is 6.58. The average Bonchev–Trinajstić information content (AvgIpc) is 3.16. The standard InChI is InChI=1S/C25H33N5O/c1-18-21(15-23(31-18)20-7-5-4-6-8-20)17-26-16-19-9-11-22(12-10-19)28-25-27-14-13-24(29-25)30(2)3/h4-8,13-15,19,22,26H,9-12,16-17H2,1-3H3,(H,27,28,29)/t19-,22+. The summed E-state index contributed by atoms with van der Waals surface area (Å²) in [7, 11) is 4.00. The third-order valence-corrected chi connectivity index (χ3v) is 6.11. The van der Waals surface area contributed by atoms with Crippen molar-refractivity contribution in [3.05, 3.63) is 60.0 Å². The van der Waals surface area contributed by atoms with Gasteiger partial charge in [0.1, 0.15) is 17.3 Å². The normalized spacial score (nSPS) is 18.7. The fraction of sp³-hybridized carbons (Fsp3) is 0.440. The Hall–Kier alpha value is -2.86. The van der Waals surface area contributed by atoms with Crippen LogP contribution in [0.4, 0.5) is 11.8 Å². The molecule has 2 N–H and O–H groups in total. The highest BCUT2D eigenvalue weighted by Gasteiger charge is 2.22. The molecule has 31 heavy (non-hydrogen) atoms. The van der Waals surface area contributed by atoms with Crippen LogP contribution in [0.5, 0.6) is 0 Å². The zero-order valence-electron chi connectivity index (χ0n) is 18.8. The molecule has 3 aromatic rings. The van der Waals surface area contributed by atoms with Crippen LogP contribution in [0.1, 0.15) is 37.0 Å². The fourth-order valence-electron chi connectivity index (χ4n) is 4.21. The van der Waals surface area contributed by atoms with Gasteiger partial charge in [-0.3, -0.25) is 0 Å². The van der Waals surface area contributed by atoms with E-state index < -0.39 is 0 Å². The first-order valence-electron chi connectivity index (χ1n) is 11.2. The zero-order chi connectivity index (χ0) is 21.6. The van der Waals surface area contributed by atoms with Crippen LogP contribution in [0.2, 0.25) is 0 Å². The SMILES string of the molecule is Cc1oc(-c2ccccc2)cc1CNC[C@H]1CC[C@@H](Nc2nccc(N(C)C)n2)CC1. The Bertz CT molecular complexity index is 961. The molecular weight excluding hydrogens is 386 g/mol. The summed E-state index contributed by atoms with van der Waals surface area (Å²) in [6.45, 7) is 3.95. The van der Waals surface area contributed by atoms with Gasteiger partial charge in [0.25, 0.3) is 0 Å². The molecule has 0 spiro atoms. The van der Waals surface area contributed by atoms with Gasteiger partial charge in [0.15, 0.2) is 0 Å². The Balaban J connectivity index is 1.21. The van der Waals surface area contributed by atoms with E-state index in [-0.39, 0.29) is 0 Å². The van der Waals surface area contributed by atoms with Gasteiger partial charge in [0.2, 0.25) is 5.95 Å². The second-order valence-electron chi connectivity index (χ2n) is 8.68. The van der Waals surface area contributed by atoms with E-state index in [1.807, 2.05) is 56.4 Å². The number of hydrogen-bond acceptors (Lipinski definition) is 6. The lowest BCUT2D eigenvalue weighted by Gasteiger charge is -2.29. The number of benzene rings is 1. The van der Waals surface area contributed by atoms with E-state index in [1.165, 1.54) is 18.4 Å². The third-order valence-electron chi connectivity index (χ3n) is 6.11. The quantitative estimate of drug-likeness (QED) is 0.543. The van der Waals surface area contributed by atoms with Crippen LogP contribution in [0.25, 0.3) is 11.3 Å². The second-order valence-corrected chi connectivity index (χ2v) is 8.68. The molecule has 0 aliphatic heterocycles. The molecule has 164 valence electrons. The molecule has 1 aliphatic carbocycles. The van der Waals surface area contributed by atoms with Crippen molar-refractivity contribution in [1.82, 2.24) is 15.3 Å². The number of anilines is 2. The molecule has 1 aromatic carbocycles. The van der Waals surface area contributed by atoms with Gasteiger partial charge in [-0.2, -0.15) is 4.98 Å². The molecule has 0 unspecified atom stereocenters. The Labute approximate surface area is 185 Å². The molecule has 0 saturated heterocycles. The van der Waals surface area contributed by atoms with E-state index in [2.05, 4.69) is 38.8 Å². The van der Waals surface area contributed by atoms with Crippen molar-refractivity contribution in [2.45, 2.75) is 45.2 Å². The number of furan rings is 1. The fourth-order valence-corrected chi connectivity index (χ4v) is 4.21. The summed E-state index contributed by atoms with van der Waals surface area (Å²) >= 11 is 0. The number of hydrogen-bond donors (Lipinski definition) is 2. The molecule has 4 rings (SSSR count). The van der Waals surface area contributed by atoms with Crippen LogP contribution in [-0.4, -0.2) is 36.6 Å². The molecule has 6 heteroatoms. The van der Waals surface area contributed by atoms with Gasteiger partial charge in [-0.25, -0.2) is 4.98 Å². The van der Waals surface area contributed by atoms with Gasteiger partial charge < -0.3 is 20.0 Å². The average molecular weight is 420 g/mol. The van der Waals surface area contributed by atoms with E-state index in [1.54, 1.807) is 0 Å². The highest BCUT2D eigenvalue weighted by molar-refractivity contribution is 5.58. The van der Waals surface area contributed by atoms with E-state index in [0.717, 1.165) is 54.8 Å². The predicted molar refractivity (Wildman–Crippen MR) is 126 cm³/mol. The number of aryl methyl sites for hydroxylation is 1. The lowest BCUT2D eigenvalue weighted by molar-refractivity contribution is 0.323. The maximum atomic E-state index is 5.97. The lowest BCUT2D eigenvalue weighted by Crippen LogP contribution is -2.31. The Morgan fingerprint density at radius 2 is 1.84 bits per heavy atom. The highest BCUT2D eigenvalue weighted by atomic mass is 16.3. The smallest absolute Gasteiger partial charge is 0.224 e. The summed E-state index contributed by atoms with van der Waals surface area (Å²) < 4.78 is 5.97. The summed E-state index contributed by atoms with van der Waals surface area (Å²) in [5.41, 5.74) is 2.37. The van der Waals surface area contributed by atoms with Crippen molar-refractivity contribution in [2.24, 2.45) is 5.92 Å². The van der Waals surface area contributed by atoms with Crippen LogP contribution in [0, 0.1) is 12.8 Å². The maximum Gasteiger partial charge on any atom is 0.224 e. The summed E-state index contributed by atoms with van der Waals surface area (Å²) in [6, 6.07) is 14.8. The van der Waals surface area contributed by atoms with Gasteiger partial charge >= 0.3 is 0 Å². The number of nitrogens with one attached hydrogen (secondary N) is 2. The minimum Gasteiger partial charge on any atom is -0.461 e. The first kappa shape index (κ1) is 21.4. The van der Waals surface area contributed by atoms with Gasteiger partial charge in [-0.15, -0.1) is 0 Å². The van der Waals surface area contributed by atoms with E-state index in [9.17, 15) is 0 Å². The summed E-state index contributed by atoms with van der Waals surface area (Å²) in [4.78, 5) is 11.0. The Kier molecular flexibility index (Phi) is 6.87. The number of nitrogens with zero attached hydrogens (tertiary/aromatic N) is 3. The van der Waals surface area contributed by atoms with E-state index in [0.29, 0.717) is 12.0 Å². The van der Waals surface area contributed by atoms with Crippen LogP contribution in [0.3, 0.4) is 0 Å². The van der Waals surface area contributed by atoms with Crippen molar-refractivity contribution in [1.29, 1.82) is 0 Å². The van der Waals surface area contributed by atoms with Crippen molar-refractivity contribution in [3.8, 4) is 11.3 Å². The van der Waals surface area contributed by atoms with Crippen LogP contribution in [-0.2, 0) is 6.54 Å². The molecule has 0 radical (unpaired) electrons. The monoisotopic (exact) mass is 419 g/mol. The van der Waals surface area contributed by atoms with E-state index >= 15 is 0 Å². The predicted octanol–water partition coefficient (Wildman–Crippen LogP) is 4.87.